The highest BCUT2D eigenvalue weighted by Gasteiger charge is 1.83. The lowest BCUT2D eigenvalue weighted by atomic mass is 10.8. The fourth-order valence-electron chi connectivity index (χ4n) is 0.151. The Labute approximate surface area is 64.2 Å². The molecule has 0 atom stereocenters. The molecular formula is C5H12N2O4. The third-order valence-corrected chi connectivity index (χ3v) is 0.542. The molecule has 2 amide bonds. The van der Waals surface area contributed by atoms with E-state index in [1.807, 2.05) is 5.32 Å². The Morgan fingerprint density at radius 3 is 1.64 bits per heavy atom. The fourth-order valence-corrected chi connectivity index (χ4v) is 0.151. The van der Waals surface area contributed by atoms with E-state index in [0.29, 0.717) is 6.54 Å². The Hall–Kier alpha value is -1.46. The molecule has 0 aliphatic carbocycles. The lowest BCUT2D eigenvalue weighted by Crippen LogP contribution is -2.19. The van der Waals surface area contributed by atoms with Crippen molar-refractivity contribution < 1.29 is 19.8 Å². The van der Waals surface area contributed by atoms with Crippen molar-refractivity contribution in [2.45, 2.75) is 6.92 Å². The maximum Gasteiger partial charge on any atom is 0.404 e. The summed E-state index contributed by atoms with van der Waals surface area (Å²) in [5, 5.41) is 19.5. The van der Waals surface area contributed by atoms with Gasteiger partial charge in [-0.3, -0.25) is 0 Å². The molecule has 11 heavy (non-hydrogen) atoms. The summed E-state index contributed by atoms with van der Waals surface area (Å²) in [6.45, 7) is 2.21. The Bertz CT molecular complexity index is 126. The van der Waals surface area contributed by atoms with Crippen LogP contribution in [0, 0.1) is 0 Å². The molecule has 0 unspecified atom stereocenters. The zero-order valence-electron chi connectivity index (χ0n) is 6.42. The lowest BCUT2D eigenvalue weighted by Gasteiger charge is -1.87. The summed E-state index contributed by atoms with van der Waals surface area (Å²) < 4.78 is 0. The number of hydrogen-bond donors (Lipinski definition) is 4. The molecule has 6 nitrogen and oxygen atoms in total. The predicted molar refractivity (Wildman–Crippen MR) is 38.8 cm³/mol. The molecule has 0 fully saturated rings. The van der Waals surface area contributed by atoms with Crippen molar-refractivity contribution >= 4 is 12.2 Å². The van der Waals surface area contributed by atoms with Crippen molar-refractivity contribution in [3.05, 3.63) is 0 Å². The summed E-state index contributed by atoms with van der Waals surface area (Å²) >= 11 is 0. The molecule has 66 valence electrons. The molecule has 0 aromatic carbocycles. The summed E-state index contributed by atoms with van der Waals surface area (Å²) in [6.07, 6.45) is -1.96. The van der Waals surface area contributed by atoms with E-state index in [2.05, 4.69) is 5.32 Å². The molecule has 0 radical (unpaired) electrons. The van der Waals surface area contributed by atoms with Gasteiger partial charge in [0.1, 0.15) is 0 Å². The van der Waals surface area contributed by atoms with Crippen LogP contribution < -0.4 is 10.6 Å². The van der Waals surface area contributed by atoms with Crippen molar-refractivity contribution in [2.75, 3.05) is 13.6 Å². The van der Waals surface area contributed by atoms with Gasteiger partial charge in [-0.2, -0.15) is 0 Å². The molecule has 0 aromatic heterocycles. The van der Waals surface area contributed by atoms with Crippen LogP contribution in [0.1, 0.15) is 6.92 Å². The Morgan fingerprint density at radius 2 is 1.64 bits per heavy atom. The van der Waals surface area contributed by atoms with Gasteiger partial charge in [-0.1, -0.05) is 0 Å². The summed E-state index contributed by atoms with van der Waals surface area (Å²) in [4.78, 5) is 18.7. The molecule has 0 rings (SSSR count). The van der Waals surface area contributed by atoms with Crippen LogP contribution in [0.15, 0.2) is 0 Å². The minimum absolute atomic E-state index is 0.481. The Balaban J connectivity index is 0. The van der Waals surface area contributed by atoms with Gasteiger partial charge in [0.2, 0.25) is 0 Å². The third kappa shape index (κ3) is 29.1. The van der Waals surface area contributed by atoms with Crippen LogP contribution in [0.2, 0.25) is 0 Å². The zero-order valence-corrected chi connectivity index (χ0v) is 6.42. The van der Waals surface area contributed by atoms with Gasteiger partial charge in [0.15, 0.2) is 0 Å². The van der Waals surface area contributed by atoms with Crippen molar-refractivity contribution in [3.63, 3.8) is 0 Å². The van der Waals surface area contributed by atoms with Crippen molar-refractivity contribution in [2.24, 2.45) is 0 Å². The third-order valence-electron chi connectivity index (χ3n) is 0.542. The average molecular weight is 164 g/mol. The molecule has 0 bridgehead atoms. The highest BCUT2D eigenvalue weighted by Crippen LogP contribution is 1.54. The first kappa shape index (κ1) is 12.2. The molecule has 6 heteroatoms. The van der Waals surface area contributed by atoms with E-state index in [9.17, 15) is 9.59 Å². The summed E-state index contributed by atoms with van der Waals surface area (Å²) in [7, 11) is 1.35. The molecule has 0 saturated heterocycles. The number of hydrogen-bond acceptors (Lipinski definition) is 2. The predicted octanol–water partition coefficient (Wildman–Crippen LogP) is 0.158. The quantitative estimate of drug-likeness (QED) is 0.443. The number of carboxylic acid groups (broad SMARTS) is 2. The van der Waals surface area contributed by atoms with Gasteiger partial charge < -0.3 is 20.8 Å². The first-order chi connectivity index (χ1) is 5.04. The van der Waals surface area contributed by atoms with Crippen LogP contribution in [0.25, 0.3) is 0 Å². The van der Waals surface area contributed by atoms with Crippen molar-refractivity contribution in [1.82, 2.24) is 10.6 Å². The lowest BCUT2D eigenvalue weighted by molar-refractivity contribution is 0.194. The minimum Gasteiger partial charge on any atom is -0.465 e. The Morgan fingerprint density at radius 1 is 1.27 bits per heavy atom. The highest BCUT2D eigenvalue weighted by atomic mass is 16.4. The monoisotopic (exact) mass is 164 g/mol. The normalized spacial score (nSPS) is 7.09. The number of rotatable bonds is 1. The van der Waals surface area contributed by atoms with Gasteiger partial charge in [0, 0.05) is 13.6 Å². The SMILES string of the molecule is CCNC(=O)O.CNC(=O)O. The van der Waals surface area contributed by atoms with Gasteiger partial charge in [-0.15, -0.1) is 0 Å². The molecule has 0 aliphatic heterocycles. The van der Waals surface area contributed by atoms with Crippen LogP contribution in [-0.4, -0.2) is 36.0 Å². The van der Waals surface area contributed by atoms with E-state index in [4.69, 9.17) is 10.2 Å². The fraction of sp³-hybridized carbons (Fsp3) is 0.600. The van der Waals surface area contributed by atoms with Crippen molar-refractivity contribution in [1.29, 1.82) is 0 Å². The number of nitrogens with one attached hydrogen (secondary N) is 2. The van der Waals surface area contributed by atoms with Crippen LogP contribution in [-0.2, 0) is 0 Å². The van der Waals surface area contributed by atoms with E-state index in [-0.39, 0.29) is 0 Å². The molecular weight excluding hydrogens is 152 g/mol. The molecule has 0 aromatic rings. The van der Waals surface area contributed by atoms with Crippen LogP contribution >= 0.6 is 0 Å². The second kappa shape index (κ2) is 8.54. The smallest absolute Gasteiger partial charge is 0.404 e. The molecule has 4 N–H and O–H groups in total. The van der Waals surface area contributed by atoms with E-state index in [0.717, 1.165) is 0 Å². The number of amides is 2. The number of carbonyl (C=O) groups is 2. The van der Waals surface area contributed by atoms with Gasteiger partial charge >= 0.3 is 12.2 Å². The zero-order chi connectivity index (χ0) is 9.28. The van der Waals surface area contributed by atoms with Gasteiger partial charge in [-0.05, 0) is 6.92 Å². The maximum absolute atomic E-state index is 9.49. The topological polar surface area (TPSA) is 98.7 Å². The van der Waals surface area contributed by atoms with E-state index in [1.54, 1.807) is 6.92 Å². The van der Waals surface area contributed by atoms with Crippen molar-refractivity contribution in [3.8, 4) is 0 Å². The molecule has 0 heterocycles. The summed E-state index contributed by atoms with van der Waals surface area (Å²) in [5.74, 6) is 0. The molecule has 0 spiro atoms. The standard InChI is InChI=1S/C3H7NO2.C2H5NO2/c1-2-4-3(5)6;1-3-2(4)5/h4H,2H2,1H3,(H,5,6);3H,1H3,(H,4,5). The van der Waals surface area contributed by atoms with Crippen LogP contribution in [0.5, 0.6) is 0 Å². The highest BCUT2D eigenvalue weighted by molar-refractivity contribution is 5.64. The van der Waals surface area contributed by atoms with Gasteiger partial charge in [-0.25, -0.2) is 9.59 Å². The summed E-state index contributed by atoms with van der Waals surface area (Å²) in [5.41, 5.74) is 0. The molecule has 0 aliphatic rings. The largest absolute Gasteiger partial charge is 0.465 e. The maximum atomic E-state index is 9.49. The second-order valence-corrected chi connectivity index (χ2v) is 1.39. The first-order valence-electron chi connectivity index (χ1n) is 2.92. The van der Waals surface area contributed by atoms with Gasteiger partial charge in [0.25, 0.3) is 0 Å². The van der Waals surface area contributed by atoms with Crippen LogP contribution in [0.3, 0.4) is 0 Å². The Kier molecular flexibility index (Phi) is 9.50. The summed E-state index contributed by atoms with van der Waals surface area (Å²) in [6, 6.07) is 0. The van der Waals surface area contributed by atoms with E-state index < -0.39 is 12.2 Å². The van der Waals surface area contributed by atoms with Crippen LogP contribution in [0.4, 0.5) is 9.59 Å². The molecule has 0 saturated carbocycles. The second-order valence-electron chi connectivity index (χ2n) is 1.39. The van der Waals surface area contributed by atoms with E-state index >= 15 is 0 Å². The van der Waals surface area contributed by atoms with Gasteiger partial charge in [0.05, 0.1) is 0 Å². The average Bonchev–Trinajstić information content (AvgIpc) is 1.89. The first-order valence-corrected chi connectivity index (χ1v) is 2.92. The van der Waals surface area contributed by atoms with E-state index in [1.165, 1.54) is 7.05 Å². The minimum atomic E-state index is -0.995.